The molecule has 1 unspecified atom stereocenters. The van der Waals surface area contributed by atoms with Crippen molar-refractivity contribution in [1.29, 1.82) is 0 Å². The summed E-state index contributed by atoms with van der Waals surface area (Å²) in [6.07, 6.45) is -5.62. The molecule has 1 aliphatic rings. The van der Waals surface area contributed by atoms with E-state index in [0.29, 0.717) is 0 Å². The molecule has 0 bridgehead atoms. The van der Waals surface area contributed by atoms with Crippen molar-refractivity contribution in [1.82, 2.24) is 24.6 Å². The fraction of sp³-hybridized carbons (Fsp3) is 0.417. The number of fused-ring (bicyclic) bond motifs is 3. The van der Waals surface area contributed by atoms with E-state index >= 15 is 8.78 Å². The summed E-state index contributed by atoms with van der Waals surface area (Å²) in [6.45, 7) is 3.80. The van der Waals surface area contributed by atoms with E-state index in [1.165, 1.54) is 19.1 Å². The second-order valence-corrected chi connectivity index (χ2v) is 12.4. The summed E-state index contributed by atoms with van der Waals surface area (Å²) in [5, 5.41) is 13.0. The van der Waals surface area contributed by atoms with E-state index in [0.717, 1.165) is 22.2 Å². The Morgan fingerprint density at radius 3 is 2.74 bits per heavy atom. The number of nitrogen functional groups attached to an aromatic ring is 1. The van der Waals surface area contributed by atoms with E-state index in [1.54, 1.807) is 32.0 Å². The molecule has 4 aromatic rings. The Kier molecular flexibility index (Phi) is 8.08. The van der Waals surface area contributed by atoms with Crippen LogP contribution in [0.3, 0.4) is 0 Å². The number of aromatic nitrogens is 4. The SMILES string of the molecule is CC(C)OC(=O)[C@H](C)NP(=O)(OC[C@H]1O[C@@H](n2cnc3sc4c(=O)[nH]c(N)nc4c32)C(F)(F)[C@@H]1O)Oc1ccccc1. The van der Waals surface area contributed by atoms with E-state index in [1.807, 2.05) is 0 Å². The second-order valence-electron chi connectivity index (χ2n) is 9.72. The molecule has 4 heterocycles. The maximum absolute atomic E-state index is 15.4. The molecule has 5 atom stereocenters. The standard InChI is InChI=1S/C24H27F2N6O8PS/c1-11(2)38-21(35)12(3)31-41(36,40-13-7-5-4-6-8-13)37-9-14-18(33)24(25,26)22(39-14)32-10-28-20-16(32)15-17(42-20)19(34)30-23(27)29-15/h4-8,10-12,14,18,22,33H,9H2,1-3H3,(H,31,36)(H3,27,29,30,34)/t12-,14+,18+,22+,41?/m0/s1. The average molecular weight is 629 g/mol. The highest BCUT2D eigenvalue weighted by molar-refractivity contribution is 7.52. The van der Waals surface area contributed by atoms with Crippen LogP contribution < -0.4 is 20.9 Å². The van der Waals surface area contributed by atoms with Gasteiger partial charge in [0.25, 0.3) is 5.56 Å². The van der Waals surface area contributed by atoms with Crippen molar-refractivity contribution < 1.29 is 41.8 Å². The number of carbonyl (C=O) groups is 1. The molecule has 226 valence electrons. The molecule has 0 amide bonds. The number of esters is 1. The van der Waals surface area contributed by atoms with Gasteiger partial charge in [0.2, 0.25) is 12.2 Å². The lowest BCUT2D eigenvalue weighted by Gasteiger charge is -2.25. The first-order valence-electron chi connectivity index (χ1n) is 12.6. The quantitative estimate of drug-likeness (QED) is 0.148. The molecule has 1 fully saturated rings. The lowest BCUT2D eigenvalue weighted by molar-refractivity contribution is -0.149. The van der Waals surface area contributed by atoms with E-state index < -0.39 is 62.4 Å². The molecule has 0 aliphatic carbocycles. The van der Waals surface area contributed by atoms with Gasteiger partial charge in [-0.05, 0) is 32.9 Å². The minimum Gasteiger partial charge on any atom is -0.462 e. The number of para-hydroxylation sites is 1. The number of hydrogen-bond acceptors (Lipinski definition) is 12. The third-order valence-electron chi connectivity index (χ3n) is 6.15. The summed E-state index contributed by atoms with van der Waals surface area (Å²) in [6, 6.07) is 6.65. The zero-order valence-corrected chi connectivity index (χ0v) is 24.1. The van der Waals surface area contributed by atoms with Crippen LogP contribution in [0.2, 0.25) is 0 Å². The number of nitrogens with two attached hydrogens (primary N) is 1. The molecular weight excluding hydrogens is 601 g/mol. The number of nitrogens with one attached hydrogen (secondary N) is 2. The van der Waals surface area contributed by atoms with Crippen LogP contribution in [0.5, 0.6) is 5.75 Å². The summed E-state index contributed by atoms with van der Waals surface area (Å²) in [5.74, 6) is -4.77. The van der Waals surface area contributed by atoms with Gasteiger partial charge in [-0.15, -0.1) is 11.3 Å². The summed E-state index contributed by atoms with van der Waals surface area (Å²) in [5.41, 5.74) is 5.19. The van der Waals surface area contributed by atoms with Crippen molar-refractivity contribution in [3.63, 3.8) is 0 Å². The summed E-state index contributed by atoms with van der Waals surface area (Å²) in [4.78, 5) is 35.4. The molecule has 0 saturated carbocycles. The number of halogens is 2. The molecule has 0 spiro atoms. The Balaban J connectivity index is 1.40. The van der Waals surface area contributed by atoms with Gasteiger partial charge in [0.15, 0.2) is 6.10 Å². The number of H-pyrrole nitrogens is 1. The van der Waals surface area contributed by atoms with Gasteiger partial charge < -0.3 is 24.8 Å². The van der Waals surface area contributed by atoms with E-state index in [9.17, 15) is 19.3 Å². The first kappa shape index (κ1) is 30.0. The minimum atomic E-state index is -4.43. The number of alkyl halides is 2. The predicted octanol–water partition coefficient (Wildman–Crippen LogP) is 2.94. The number of aliphatic hydroxyl groups excluding tert-OH is 1. The van der Waals surface area contributed by atoms with Crippen LogP contribution >= 0.6 is 19.1 Å². The number of benzene rings is 1. The van der Waals surface area contributed by atoms with Crippen molar-refractivity contribution in [2.45, 2.75) is 57.3 Å². The molecule has 3 aromatic heterocycles. The number of thiophene rings is 1. The minimum absolute atomic E-state index is 0.0366. The van der Waals surface area contributed by atoms with Crippen molar-refractivity contribution in [2.75, 3.05) is 12.3 Å². The first-order chi connectivity index (χ1) is 19.8. The van der Waals surface area contributed by atoms with Crippen LogP contribution in [0, 0.1) is 0 Å². The Morgan fingerprint density at radius 2 is 2.05 bits per heavy atom. The summed E-state index contributed by atoms with van der Waals surface area (Å²) < 4.78 is 67.3. The van der Waals surface area contributed by atoms with E-state index in [4.69, 9.17) is 24.3 Å². The molecule has 1 aliphatic heterocycles. The van der Waals surface area contributed by atoms with E-state index in [-0.39, 0.29) is 32.3 Å². The fourth-order valence-corrected chi connectivity index (χ4v) is 6.74. The van der Waals surface area contributed by atoms with Crippen LogP contribution in [0.1, 0.15) is 27.0 Å². The molecule has 5 rings (SSSR count). The van der Waals surface area contributed by atoms with E-state index in [2.05, 4.69) is 20.0 Å². The lowest BCUT2D eigenvalue weighted by atomic mass is 10.1. The van der Waals surface area contributed by atoms with Gasteiger partial charge in [-0.25, -0.2) is 14.5 Å². The molecule has 1 saturated heterocycles. The molecule has 1 aromatic carbocycles. The number of imidazole rings is 1. The zero-order chi connectivity index (χ0) is 30.4. The zero-order valence-electron chi connectivity index (χ0n) is 22.4. The number of aromatic amines is 1. The van der Waals surface area contributed by atoms with Gasteiger partial charge >= 0.3 is 19.6 Å². The number of hydrogen-bond donors (Lipinski definition) is 4. The molecule has 18 heteroatoms. The highest BCUT2D eigenvalue weighted by Crippen LogP contribution is 2.49. The number of anilines is 1. The van der Waals surface area contributed by atoms with Crippen molar-refractivity contribution in [3.05, 3.63) is 47.0 Å². The van der Waals surface area contributed by atoms with Gasteiger partial charge in [0.1, 0.15) is 38.5 Å². The lowest BCUT2D eigenvalue weighted by Crippen LogP contribution is -2.40. The van der Waals surface area contributed by atoms with Crippen molar-refractivity contribution in [2.24, 2.45) is 0 Å². The van der Waals surface area contributed by atoms with Gasteiger partial charge in [0, 0.05) is 0 Å². The van der Waals surface area contributed by atoms with Crippen LogP contribution in [-0.4, -0.2) is 67.5 Å². The summed E-state index contributed by atoms with van der Waals surface area (Å²) >= 11 is 0.923. The fourth-order valence-electron chi connectivity index (χ4n) is 4.26. The maximum Gasteiger partial charge on any atom is 0.459 e. The molecule has 5 N–H and O–H groups in total. The van der Waals surface area contributed by atoms with Crippen LogP contribution in [-0.2, 0) is 23.4 Å². The second kappa shape index (κ2) is 11.3. The highest BCUT2D eigenvalue weighted by atomic mass is 32.1. The van der Waals surface area contributed by atoms with Gasteiger partial charge in [-0.3, -0.25) is 23.7 Å². The highest BCUT2D eigenvalue weighted by Gasteiger charge is 2.60. The number of nitrogens with zero attached hydrogens (tertiary/aromatic N) is 3. The molecule has 0 radical (unpaired) electrons. The smallest absolute Gasteiger partial charge is 0.459 e. The molecule has 42 heavy (non-hydrogen) atoms. The van der Waals surface area contributed by atoms with Crippen LogP contribution in [0.4, 0.5) is 14.7 Å². The maximum atomic E-state index is 15.4. The Labute approximate surface area is 240 Å². The normalized spacial score (nSPS) is 22.4. The number of ether oxygens (including phenoxy) is 2. The Morgan fingerprint density at radius 1 is 1.33 bits per heavy atom. The molecule has 14 nitrogen and oxygen atoms in total. The van der Waals surface area contributed by atoms with Gasteiger partial charge in [0.05, 0.1) is 19.0 Å². The van der Waals surface area contributed by atoms with Gasteiger partial charge in [-0.2, -0.15) is 13.9 Å². The Hall–Kier alpha value is -3.47. The predicted molar refractivity (Wildman–Crippen MR) is 147 cm³/mol. The number of rotatable bonds is 10. The number of aliphatic hydroxyl groups is 1. The Bertz CT molecular complexity index is 1710. The third kappa shape index (κ3) is 5.75. The molecular formula is C24H27F2N6O8PS. The van der Waals surface area contributed by atoms with Crippen LogP contribution in [0.15, 0.2) is 41.5 Å². The largest absolute Gasteiger partial charge is 0.462 e. The topological polar surface area (TPSA) is 193 Å². The summed E-state index contributed by atoms with van der Waals surface area (Å²) in [7, 11) is -4.43. The third-order valence-corrected chi connectivity index (χ3v) is 8.86. The van der Waals surface area contributed by atoms with Gasteiger partial charge in [-0.1, -0.05) is 18.2 Å². The van der Waals surface area contributed by atoms with Crippen LogP contribution in [0.25, 0.3) is 20.6 Å². The number of carbonyl (C=O) groups excluding carboxylic acids is 1. The average Bonchev–Trinajstić information content (AvgIpc) is 3.55. The monoisotopic (exact) mass is 628 g/mol. The first-order valence-corrected chi connectivity index (χ1v) is 15.0. The van der Waals surface area contributed by atoms with Crippen molar-refractivity contribution >= 4 is 51.6 Å². The van der Waals surface area contributed by atoms with Crippen molar-refractivity contribution in [3.8, 4) is 5.75 Å².